The summed E-state index contributed by atoms with van der Waals surface area (Å²) in [7, 11) is 0. The second-order valence-electron chi connectivity index (χ2n) is 7.17. The van der Waals surface area contributed by atoms with Crippen LogP contribution in [0, 0.1) is 6.92 Å². The first-order valence-electron chi connectivity index (χ1n) is 8.50. The molecule has 4 heteroatoms. The number of amides is 1. The molecular formula is C19H32N2O2. The molecule has 1 rings (SSSR count). The summed E-state index contributed by atoms with van der Waals surface area (Å²) in [5.74, 6) is 0. The molecule has 0 aliphatic carbocycles. The number of ether oxygens (including phenoxy) is 1. The van der Waals surface area contributed by atoms with Gasteiger partial charge < -0.3 is 15.4 Å². The van der Waals surface area contributed by atoms with Gasteiger partial charge in [0.25, 0.3) is 0 Å². The van der Waals surface area contributed by atoms with Crippen LogP contribution in [0.15, 0.2) is 24.3 Å². The van der Waals surface area contributed by atoms with Crippen molar-refractivity contribution < 1.29 is 9.53 Å². The monoisotopic (exact) mass is 320 g/mol. The van der Waals surface area contributed by atoms with Crippen LogP contribution in [0.4, 0.5) is 4.79 Å². The fourth-order valence-corrected chi connectivity index (χ4v) is 2.42. The zero-order valence-electron chi connectivity index (χ0n) is 15.4. The van der Waals surface area contributed by atoms with Crippen molar-refractivity contribution in [3.8, 4) is 0 Å². The Morgan fingerprint density at radius 1 is 1.22 bits per heavy atom. The van der Waals surface area contributed by atoms with E-state index >= 15 is 0 Å². The summed E-state index contributed by atoms with van der Waals surface area (Å²) < 4.78 is 5.29. The van der Waals surface area contributed by atoms with E-state index in [9.17, 15) is 4.79 Å². The highest BCUT2D eigenvalue weighted by Crippen LogP contribution is 2.15. The average molecular weight is 320 g/mol. The number of alkyl carbamates (subject to hydrolysis) is 1. The fraction of sp³-hybridized carbons (Fsp3) is 0.632. The minimum absolute atomic E-state index is 0.226. The lowest BCUT2D eigenvalue weighted by molar-refractivity contribution is 0.0521. The molecule has 1 aromatic rings. The van der Waals surface area contributed by atoms with Crippen LogP contribution >= 0.6 is 0 Å². The number of carbonyl (C=O) groups is 1. The van der Waals surface area contributed by atoms with Crippen LogP contribution in [0.3, 0.4) is 0 Å². The van der Waals surface area contributed by atoms with E-state index in [1.54, 1.807) is 0 Å². The van der Waals surface area contributed by atoms with Crippen molar-refractivity contribution in [2.45, 2.75) is 72.1 Å². The van der Waals surface area contributed by atoms with Crippen molar-refractivity contribution >= 4 is 6.09 Å². The lowest BCUT2D eigenvalue weighted by Crippen LogP contribution is -2.43. The molecule has 2 unspecified atom stereocenters. The zero-order valence-corrected chi connectivity index (χ0v) is 15.4. The number of carbonyl (C=O) groups excluding carboxylic acids is 1. The van der Waals surface area contributed by atoms with Gasteiger partial charge in [0.1, 0.15) is 5.60 Å². The Balaban J connectivity index is 2.54. The minimum Gasteiger partial charge on any atom is -0.444 e. The Labute approximate surface area is 141 Å². The largest absolute Gasteiger partial charge is 0.444 e. The van der Waals surface area contributed by atoms with Crippen LogP contribution in [-0.4, -0.2) is 24.3 Å². The maximum atomic E-state index is 11.8. The first-order valence-corrected chi connectivity index (χ1v) is 8.50. The molecular weight excluding hydrogens is 288 g/mol. The summed E-state index contributed by atoms with van der Waals surface area (Å²) in [4.78, 5) is 11.8. The van der Waals surface area contributed by atoms with Crippen LogP contribution < -0.4 is 10.6 Å². The zero-order chi connectivity index (χ0) is 17.5. The van der Waals surface area contributed by atoms with E-state index in [0.717, 1.165) is 12.8 Å². The lowest BCUT2D eigenvalue weighted by atomic mass is 10.0. The number of hydrogen-bond donors (Lipinski definition) is 2. The van der Waals surface area contributed by atoms with Gasteiger partial charge in [-0.15, -0.1) is 0 Å². The van der Waals surface area contributed by atoms with Crippen molar-refractivity contribution in [1.82, 2.24) is 10.6 Å². The molecule has 0 radical (unpaired) electrons. The number of benzene rings is 1. The highest BCUT2D eigenvalue weighted by Gasteiger charge is 2.18. The molecule has 1 amide bonds. The molecule has 130 valence electrons. The standard InChI is InChI=1S/C19H32N2O2/c1-7-8-17(13-20-18(22)23-19(4,5)6)21-15(3)16-11-9-14(2)10-12-16/h9-12,15,17,21H,7-8,13H2,1-6H3,(H,20,22). The summed E-state index contributed by atoms with van der Waals surface area (Å²) in [6.07, 6.45) is 1.71. The van der Waals surface area contributed by atoms with Crippen LogP contribution in [0.1, 0.15) is 64.6 Å². The first-order chi connectivity index (χ1) is 10.7. The summed E-state index contributed by atoms with van der Waals surface area (Å²) in [5.41, 5.74) is 2.05. The van der Waals surface area contributed by atoms with E-state index < -0.39 is 5.60 Å². The molecule has 0 saturated heterocycles. The molecule has 0 spiro atoms. The Bertz CT molecular complexity index is 477. The maximum absolute atomic E-state index is 11.8. The van der Waals surface area contributed by atoms with Gasteiger partial charge in [-0.25, -0.2) is 4.79 Å². The van der Waals surface area contributed by atoms with E-state index in [1.807, 2.05) is 20.8 Å². The second kappa shape index (κ2) is 8.92. The average Bonchev–Trinajstić information content (AvgIpc) is 2.44. The highest BCUT2D eigenvalue weighted by molar-refractivity contribution is 5.67. The molecule has 1 aromatic carbocycles. The van der Waals surface area contributed by atoms with Gasteiger partial charge in [-0.1, -0.05) is 43.2 Å². The number of hydrogen-bond acceptors (Lipinski definition) is 3. The summed E-state index contributed by atoms with van der Waals surface area (Å²) in [5, 5.41) is 6.47. The smallest absolute Gasteiger partial charge is 0.407 e. The van der Waals surface area contributed by atoms with Crippen LogP contribution in [0.5, 0.6) is 0 Å². The molecule has 2 atom stereocenters. The van der Waals surface area contributed by atoms with Gasteiger partial charge in [0.15, 0.2) is 0 Å². The lowest BCUT2D eigenvalue weighted by Gasteiger charge is -2.25. The Morgan fingerprint density at radius 3 is 2.35 bits per heavy atom. The van der Waals surface area contributed by atoms with Crippen molar-refractivity contribution in [1.29, 1.82) is 0 Å². The van der Waals surface area contributed by atoms with E-state index in [4.69, 9.17) is 4.74 Å². The van der Waals surface area contributed by atoms with Gasteiger partial charge in [-0.2, -0.15) is 0 Å². The number of aryl methyl sites for hydroxylation is 1. The van der Waals surface area contributed by atoms with Gasteiger partial charge >= 0.3 is 6.09 Å². The van der Waals surface area contributed by atoms with Crippen molar-refractivity contribution in [3.63, 3.8) is 0 Å². The van der Waals surface area contributed by atoms with Gasteiger partial charge in [0, 0.05) is 18.6 Å². The van der Waals surface area contributed by atoms with E-state index in [0.29, 0.717) is 6.54 Å². The molecule has 23 heavy (non-hydrogen) atoms. The topological polar surface area (TPSA) is 50.4 Å². The predicted molar refractivity (Wildman–Crippen MR) is 95.7 cm³/mol. The quantitative estimate of drug-likeness (QED) is 0.786. The van der Waals surface area contributed by atoms with Crippen molar-refractivity contribution in [2.24, 2.45) is 0 Å². The molecule has 0 aromatic heterocycles. The molecule has 0 bridgehead atoms. The fourth-order valence-electron chi connectivity index (χ4n) is 2.42. The van der Waals surface area contributed by atoms with Gasteiger partial charge in [-0.05, 0) is 46.6 Å². The van der Waals surface area contributed by atoms with Gasteiger partial charge in [0.2, 0.25) is 0 Å². The maximum Gasteiger partial charge on any atom is 0.407 e. The van der Waals surface area contributed by atoms with Gasteiger partial charge in [-0.3, -0.25) is 0 Å². The Morgan fingerprint density at radius 2 is 1.83 bits per heavy atom. The van der Waals surface area contributed by atoms with Crippen LogP contribution in [-0.2, 0) is 4.74 Å². The second-order valence-corrected chi connectivity index (χ2v) is 7.17. The normalized spacial score (nSPS) is 14.2. The van der Waals surface area contributed by atoms with Crippen molar-refractivity contribution in [2.75, 3.05) is 6.54 Å². The molecule has 2 N–H and O–H groups in total. The van der Waals surface area contributed by atoms with E-state index in [-0.39, 0.29) is 18.2 Å². The van der Waals surface area contributed by atoms with Crippen LogP contribution in [0.2, 0.25) is 0 Å². The third-order valence-electron chi connectivity index (χ3n) is 3.59. The summed E-state index contributed by atoms with van der Waals surface area (Å²) in [6, 6.07) is 9.02. The van der Waals surface area contributed by atoms with E-state index in [1.165, 1.54) is 11.1 Å². The first kappa shape index (κ1) is 19.5. The predicted octanol–water partition coefficient (Wildman–Crippen LogP) is 4.34. The molecule has 0 fully saturated rings. The number of rotatable bonds is 7. The molecule has 0 aliphatic heterocycles. The summed E-state index contributed by atoms with van der Waals surface area (Å²) in [6.45, 7) is 12.6. The SMILES string of the molecule is CCCC(CNC(=O)OC(C)(C)C)NC(C)c1ccc(C)cc1. The molecule has 0 saturated carbocycles. The Kier molecular flexibility index (Phi) is 7.56. The molecule has 0 aliphatic rings. The van der Waals surface area contributed by atoms with Crippen molar-refractivity contribution in [3.05, 3.63) is 35.4 Å². The third-order valence-corrected chi connectivity index (χ3v) is 3.59. The molecule has 0 heterocycles. The highest BCUT2D eigenvalue weighted by atomic mass is 16.6. The molecule has 4 nitrogen and oxygen atoms in total. The van der Waals surface area contributed by atoms with E-state index in [2.05, 4.69) is 55.7 Å². The van der Waals surface area contributed by atoms with Gasteiger partial charge in [0.05, 0.1) is 0 Å². The third kappa shape index (κ3) is 8.03. The van der Waals surface area contributed by atoms with Crippen LogP contribution in [0.25, 0.3) is 0 Å². The summed E-state index contributed by atoms with van der Waals surface area (Å²) >= 11 is 0. The minimum atomic E-state index is -0.465. The Hall–Kier alpha value is -1.55. The number of nitrogens with one attached hydrogen (secondary N) is 2.